The van der Waals surface area contributed by atoms with E-state index in [4.69, 9.17) is 9.47 Å². The highest BCUT2D eigenvalue weighted by Crippen LogP contribution is 2.39. The van der Waals surface area contributed by atoms with Crippen LogP contribution in [0.5, 0.6) is 11.5 Å². The average molecular weight is 542 g/mol. The number of amides is 2. The van der Waals surface area contributed by atoms with Crippen molar-refractivity contribution in [3.05, 3.63) is 77.9 Å². The van der Waals surface area contributed by atoms with Gasteiger partial charge < -0.3 is 14.8 Å². The SMILES string of the molecule is COc1cccc(C(C(=O)NC2CCCCC2)N(C(=O)Cn2nnc3ccccc32)c2cccc(C)c2)c1OC. The van der Waals surface area contributed by atoms with Gasteiger partial charge in [0.1, 0.15) is 18.1 Å². The van der Waals surface area contributed by atoms with Crippen LogP contribution in [-0.2, 0) is 16.1 Å². The molecule has 1 aliphatic carbocycles. The zero-order chi connectivity index (χ0) is 28.1. The van der Waals surface area contributed by atoms with Gasteiger partial charge in [0.2, 0.25) is 11.8 Å². The monoisotopic (exact) mass is 541 g/mol. The van der Waals surface area contributed by atoms with Crippen LogP contribution in [0.2, 0.25) is 0 Å². The Hall–Kier alpha value is -4.40. The molecule has 5 rings (SSSR count). The minimum Gasteiger partial charge on any atom is -0.493 e. The summed E-state index contributed by atoms with van der Waals surface area (Å²) in [5.74, 6) is 0.312. The van der Waals surface area contributed by atoms with Gasteiger partial charge in [0.25, 0.3) is 0 Å². The molecule has 0 radical (unpaired) electrons. The molecule has 0 saturated heterocycles. The third-order valence-corrected chi connectivity index (χ3v) is 7.44. The van der Waals surface area contributed by atoms with Crippen LogP contribution in [0.1, 0.15) is 49.3 Å². The van der Waals surface area contributed by atoms with Gasteiger partial charge >= 0.3 is 0 Å². The van der Waals surface area contributed by atoms with Crippen molar-refractivity contribution in [1.29, 1.82) is 0 Å². The summed E-state index contributed by atoms with van der Waals surface area (Å²) in [7, 11) is 3.09. The van der Waals surface area contributed by atoms with Gasteiger partial charge in [-0.25, -0.2) is 4.68 Å². The fourth-order valence-corrected chi connectivity index (χ4v) is 5.51. The number of anilines is 1. The van der Waals surface area contributed by atoms with Crippen molar-refractivity contribution in [1.82, 2.24) is 20.3 Å². The molecule has 40 heavy (non-hydrogen) atoms. The highest BCUT2D eigenvalue weighted by Gasteiger charge is 2.37. The van der Waals surface area contributed by atoms with Gasteiger partial charge in [-0.2, -0.15) is 0 Å². The van der Waals surface area contributed by atoms with Gasteiger partial charge in [-0.05, 0) is 55.7 Å². The number of aryl methyl sites for hydroxylation is 1. The lowest BCUT2D eigenvalue weighted by Crippen LogP contribution is -2.48. The van der Waals surface area contributed by atoms with E-state index in [0.29, 0.717) is 28.3 Å². The maximum atomic E-state index is 14.3. The molecule has 9 heteroatoms. The maximum Gasteiger partial charge on any atom is 0.249 e. The Labute approximate surface area is 234 Å². The number of carbonyl (C=O) groups is 2. The second-order valence-corrected chi connectivity index (χ2v) is 10.2. The number of hydrogen-bond donors (Lipinski definition) is 1. The summed E-state index contributed by atoms with van der Waals surface area (Å²) < 4.78 is 12.9. The summed E-state index contributed by atoms with van der Waals surface area (Å²) in [6.45, 7) is 1.86. The fourth-order valence-electron chi connectivity index (χ4n) is 5.51. The Balaban J connectivity index is 1.63. The van der Waals surface area contributed by atoms with E-state index in [1.807, 2.05) is 61.5 Å². The van der Waals surface area contributed by atoms with Crippen LogP contribution in [0.3, 0.4) is 0 Å². The molecule has 1 saturated carbocycles. The van der Waals surface area contributed by atoms with Crippen LogP contribution < -0.4 is 19.7 Å². The molecule has 0 bridgehead atoms. The minimum atomic E-state index is -1.02. The zero-order valence-electron chi connectivity index (χ0n) is 23.2. The molecule has 3 aromatic carbocycles. The predicted molar refractivity (Wildman–Crippen MR) is 153 cm³/mol. The van der Waals surface area contributed by atoms with Crippen molar-refractivity contribution in [2.45, 2.75) is 57.7 Å². The minimum absolute atomic E-state index is 0.0501. The first-order valence-electron chi connectivity index (χ1n) is 13.7. The van der Waals surface area contributed by atoms with Crippen molar-refractivity contribution >= 4 is 28.5 Å². The van der Waals surface area contributed by atoms with E-state index < -0.39 is 6.04 Å². The van der Waals surface area contributed by atoms with Gasteiger partial charge in [-0.15, -0.1) is 5.10 Å². The number of nitrogens with one attached hydrogen (secondary N) is 1. The standard InChI is InChI=1S/C31H35N5O4/c1-21-11-9-14-23(19-21)36(28(37)20-35-26-17-8-7-16-25(26)33-34-35)29(31(38)32-22-12-5-4-6-13-22)24-15-10-18-27(39-2)30(24)40-3/h7-11,14-19,22,29H,4-6,12-13,20H2,1-3H3,(H,32,38). The molecule has 1 aromatic heterocycles. The number of aromatic nitrogens is 3. The van der Waals surface area contributed by atoms with Gasteiger partial charge in [0.15, 0.2) is 11.5 Å². The van der Waals surface area contributed by atoms with E-state index in [1.54, 1.807) is 28.8 Å². The number of ether oxygens (including phenoxy) is 2. The van der Waals surface area contributed by atoms with Crippen LogP contribution in [0.25, 0.3) is 11.0 Å². The van der Waals surface area contributed by atoms with Gasteiger partial charge in [-0.3, -0.25) is 14.5 Å². The van der Waals surface area contributed by atoms with E-state index in [0.717, 1.165) is 36.8 Å². The van der Waals surface area contributed by atoms with Crippen molar-refractivity contribution in [3.63, 3.8) is 0 Å². The highest BCUT2D eigenvalue weighted by atomic mass is 16.5. The van der Waals surface area contributed by atoms with Crippen molar-refractivity contribution in [2.75, 3.05) is 19.1 Å². The lowest BCUT2D eigenvalue weighted by atomic mass is 9.94. The zero-order valence-corrected chi connectivity index (χ0v) is 23.2. The van der Waals surface area contributed by atoms with Crippen molar-refractivity contribution in [3.8, 4) is 11.5 Å². The number of carbonyl (C=O) groups excluding carboxylic acids is 2. The summed E-state index contributed by atoms with van der Waals surface area (Å²) in [5, 5.41) is 11.7. The quantitative estimate of drug-likeness (QED) is 0.321. The van der Waals surface area contributed by atoms with Gasteiger partial charge in [0.05, 0.1) is 19.7 Å². The molecule has 0 aliphatic heterocycles. The first-order chi connectivity index (χ1) is 19.5. The molecule has 1 heterocycles. The Morgan fingerprint density at radius 1 is 1.00 bits per heavy atom. The Kier molecular flexibility index (Phi) is 8.28. The number of rotatable bonds is 9. The van der Waals surface area contributed by atoms with Gasteiger partial charge in [-0.1, -0.05) is 60.9 Å². The van der Waals surface area contributed by atoms with E-state index >= 15 is 0 Å². The molecular formula is C31H35N5O4. The first-order valence-corrected chi connectivity index (χ1v) is 13.7. The van der Waals surface area contributed by atoms with Crippen LogP contribution in [-0.4, -0.2) is 47.1 Å². The average Bonchev–Trinajstić information content (AvgIpc) is 3.38. The summed E-state index contributed by atoms with van der Waals surface area (Å²) in [6, 6.07) is 19.5. The maximum absolute atomic E-state index is 14.3. The fraction of sp³-hybridized carbons (Fsp3) is 0.355. The number of methoxy groups -OCH3 is 2. The van der Waals surface area contributed by atoms with Crippen LogP contribution in [0.4, 0.5) is 5.69 Å². The lowest BCUT2D eigenvalue weighted by Gasteiger charge is -2.34. The summed E-state index contributed by atoms with van der Waals surface area (Å²) in [4.78, 5) is 30.1. The molecule has 9 nitrogen and oxygen atoms in total. The Morgan fingerprint density at radius 3 is 2.52 bits per heavy atom. The van der Waals surface area contributed by atoms with Crippen LogP contribution >= 0.6 is 0 Å². The molecule has 1 unspecified atom stereocenters. The summed E-state index contributed by atoms with van der Waals surface area (Å²) in [5.41, 5.74) is 3.53. The van der Waals surface area contributed by atoms with Gasteiger partial charge in [0, 0.05) is 17.3 Å². The molecule has 1 fully saturated rings. The Morgan fingerprint density at radius 2 is 1.77 bits per heavy atom. The molecular weight excluding hydrogens is 506 g/mol. The number of hydrogen-bond acceptors (Lipinski definition) is 6. The van der Waals surface area contributed by atoms with E-state index in [2.05, 4.69) is 15.6 Å². The van der Waals surface area contributed by atoms with Crippen molar-refractivity contribution < 1.29 is 19.1 Å². The molecule has 4 aromatic rings. The van der Waals surface area contributed by atoms with E-state index in [-0.39, 0.29) is 24.4 Å². The van der Waals surface area contributed by atoms with Crippen molar-refractivity contribution in [2.24, 2.45) is 0 Å². The largest absolute Gasteiger partial charge is 0.493 e. The Bertz CT molecular complexity index is 1490. The molecule has 208 valence electrons. The predicted octanol–water partition coefficient (Wildman–Crippen LogP) is 4.98. The van der Waals surface area contributed by atoms with Crippen LogP contribution in [0, 0.1) is 6.92 Å². The number of benzene rings is 3. The number of para-hydroxylation sites is 2. The normalized spacial score (nSPS) is 14.5. The molecule has 0 spiro atoms. The second kappa shape index (κ2) is 12.2. The first kappa shape index (κ1) is 27.2. The molecule has 2 amide bonds. The number of nitrogens with zero attached hydrogens (tertiary/aromatic N) is 4. The number of fused-ring (bicyclic) bond motifs is 1. The third-order valence-electron chi connectivity index (χ3n) is 7.44. The topological polar surface area (TPSA) is 98.6 Å². The molecule has 1 atom stereocenters. The molecule has 1 aliphatic rings. The molecule has 1 N–H and O–H groups in total. The van der Waals surface area contributed by atoms with E-state index in [9.17, 15) is 9.59 Å². The highest BCUT2D eigenvalue weighted by molar-refractivity contribution is 6.02. The second-order valence-electron chi connectivity index (χ2n) is 10.2. The van der Waals surface area contributed by atoms with E-state index in [1.165, 1.54) is 13.5 Å². The summed E-state index contributed by atoms with van der Waals surface area (Å²) >= 11 is 0. The van der Waals surface area contributed by atoms with Crippen LogP contribution in [0.15, 0.2) is 66.7 Å². The lowest BCUT2D eigenvalue weighted by molar-refractivity contribution is -0.127. The third kappa shape index (κ3) is 5.64. The summed E-state index contributed by atoms with van der Waals surface area (Å²) in [6.07, 6.45) is 5.13. The smallest absolute Gasteiger partial charge is 0.249 e.